The third-order valence-electron chi connectivity index (χ3n) is 5.35. The molecule has 0 bridgehead atoms. The van der Waals surface area contributed by atoms with E-state index < -0.39 is 0 Å². The van der Waals surface area contributed by atoms with Crippen molar-refractivity contribution in [2.75, 3.05) is 19.7 Å². The van der Waals surface area contributed by atoms with Crippen molar-refractivity contribution in [3.8, 4) is 5.75 Å². The molecule has 6 nitrogen and oxygen atoms in total. The highest BCUT2D eigenvalue weighted by Gasteiger charge is 2.28. The molecule has 2 aromatic heterocycles. The van der Waals surface area contributed by atoms with Gasteiger partial charge in [-0.3, -0.25) is 9.59 Å². The van der Waals surface area contributed by atoms with Gasteiger partial charge in [0.05, 0.1) is 6.61 Å². The molecule has 0 unspecified atom stereocenters. The molecule has 0 atom stereocenters. The summed E-state index contributed by atoms with van der Waals surface area (Å²) in [6, 6.07) is 11.7. The Morgan fingerprint density at radius 1 is 1.24 bits per heavy atom. The number of nitrogens with zero attached hydrogens (tertiary/aromatic N) is 1. The number of aromatic nitrogens is 1. The topological polar surface area (TPSA) is 74.4 Å². The van der Waals surface area contributed by atoms with Gasteiger partial charge in [-0.1, -0.05) is 18.2 Å². The Bertz CT molecular complexity index is 973. The number of amides is 2. The number of piperidine rings is 1. The maximum atomic E-state index is 12.7. The van der Waals surface area contributed by atoms with Crippen LogP contribution in [-0.2, 0) is 11.3 Å². The predicted octanol–water partition coefficient (Wildman–Crippen LogP) is 3.80. The number of aromatic amines is 1. The molecule has 1 aromatic carbocycles. The average Bonchev–Trinajstić information content (AvgIpc) is 3.35. The normalized spacial score (nSPS) is 14.9. The van der Waals surface area contributed by atoms with Gasteiger partial charge >= 0.3 is 0 Å². The first kappa shape index (κ1) is 19.5. The molecule has 3 aromatic rings. The highest BCUT2D eigenvalue weighted by Crippen LogP contribution is 2.24. The molecular weight excluding hydrogens is 386 g/mol. The largest absolute Gasteiger partial charge is 0.494 e. The highest BCUT2D eigenvalue weighted by molar-refractivity contribution is 7.16. The lowest BCUT2D eigenvalue weighted by molar-refractivity contribution is -0.126. The number of hydrogen-bond donors (Lipinski definition) is 2. The number of benzene rings is 1. The Hall–Kier alpha value is -2.80. The van der Waals surface area contributed by atoms with Crippen LogP contribution in [0, 0.1) is 5.92 Å². The fourth-order valence-corrected chi connectivity index (χ4v) is 4.53. The lowest BCUT2D eigenvalue weighted by Crippen LogP contribution is -2.43. The van der Waals surface area contributed by atoms with Crippen molar-refractivity contribution in [2.45, 2.75) is 26.3 Å². The zero-order valence-electron chi connectivity index (χ0n) is 16.4. The van der Waals surface area contributed by atoms with Crippen LogP contribution in [0.3, 0.4) is 0 Å². The zero-order chi connectivity index (χ0) is 20.2. The molecule has 152 valence electrons. The summed E-state index contributed by atoms with van der Waals surface area (Å²) in [5, 5.41) is 6.11. The first-order valence-corrected chi connectivity index (χ1v) is 10.9. The van der Waals surface area contributed by atoms with Crippen molar-refractivity contribution in [1.29, 1.82) is 0 Å². The van der Waals surface area contributed by atoms with Gasteiger partial charge in [-0.15, -0.1) is 11.3 Å². The second kappa shape index (κ2) is 8.69. The van der Waals surface area contributed by atoms with E-state index in [0.717, 1.165) is 21.5 Å². The summed E-state index contributed by atoms with van der Waals surface area (Å²) in [6.45, 7) is 4.18. The maximum absolute atomic E-state index is 12.7. The summed E-state index contributed by atoms with van der Waals surface area (Å²) in [7, 11) is 0. The molecule has 0 saturated carbocycles. The monoisotopic (exact) mass is 411 g/mol. The van der Waals surface area contributed by atoms with E-state index >= 15 is 0 Å². The quantitative estimate of drug-likeness (QED) is 0.648. The summed E-state index contributed by atoms with van der Waals surface area (Å²) < 4.78 is 5.62. The number of ether oxygens (including phenoxy) is 1. The molecule has 0 aliphatic carbocycles. The van der Waals surface area contributed by atoms with Crippen molar-refractivity contribution in [3.63, 3.8) is 0 Å². The molecule has 7 heteroatoms. The number of H-pyrrole nitrogens is 1. The van der Waals surface area contributed by atoms with Crippen molar-refractivity contribution < 1.29 is 14.3 Å². The third-order valence-corrected chi connectivity index (χ3v) is 6.20. The predicted molar refractivity (Wildman–Crippen MR) is 114 cm³/mol. The Balaban J connectivity index is 1.29. The van der Waals surface area contributed by atoms with E-state index in [2.05, 4.69) is 10.3 Å². The van der Waals surface area contributed by atoms with Crippen LogP contribution in [0.15, 0.2) is 41.8 Å². The lowest BCUT2D eigenvalue weighted by Gasteiger charge is -2.31. The van der Waals surface area contributed by atoms with Gasteiger partial charge in [0.25, 0.3) is 5.91 Å². The molecule has 3 heterocycles. The molecule has 1 fully saturated rings. The molecule has 0 spiro atoms. The molecule has 1 aliphatic heterocycles. The summed E-state index contributed by atoms with van der Waals surface area (Å²) in [5.74, 6) is 0.800. The van der Waals surface area contributed by atoms with Crippen LogP contribution in [-0.4, -0.2) is 41.4 Å². The van der Waals surface area contributed by atoms with Crippen molar-refractivity contribution >= 4 is 33.4 Å². The average molecular weight is 412 g/mol. The SMILES string of the molecule is CCOc1ccccc1CNC(=O)C1CCN(C(=O)c2cc3ccsc3[nH]2)CC1. The Labute approximate surface area is 173 Å². The van der Waals surface area contributed by atoms with E-state index in [4.69, 9.17) is 4.74 Å². The van der Waals surface area contributed by atoms with Gasteiger partial charge in [-0.2, -0.15) is 0 Å². The minimum Gasteiger partial charge on any atom is -0.494 e. The zero-order valence-corrected chi connectivity index (χ0v) is 17.3. The number of likely N-dealkylation sites (tertiary alicyclic amines) is 1. The molecule has 2 N–H and O–H groups in total. The molecule has 2 amide bonds. The van der Waals surface area contributed by atoms with Crippen molar-refractivity contribution in [1.82, 2.24) is 15.2 Å². The lowest BCUT2D eigenvalue weighted by atomic mass is 9.95. The third kappa shape index (κ3) is 4.29. The van der Waals surface area contributed by atoms with Crippen LogP contribution in [0.2, 0.25) is 0 Å². The number of hydrogen-bond acceptors (Lipinski definition) is 4. The summed E-state index contributed by atoms with van der Waals surface area (Å²) in [6.07, 6.45) is 1.36. The number of nitrogens with one attached hydrogen (secondary N) is 2. The van der Waals surface area contributed by atoms with Gasteiger partial charge in [0.1, 0.15) is 16.3 Å². The molecule has 1 aliphatic rings. The van der Waals surface area contributed by atoms with E-state index in [-0.39, 0.29) is 17.7 Å². The van der Waals surface area contributed by atoms with Crippen LogP contribution in [0.1, 0.15) is 35.8 Å². The minimum absolute atomic E-state index is 0.0119. The van der Waals surface area contributed by atoms with Gasteiger partial charge in [0.15, 0.2) is 0 Å². The standard InChI is InChI=1S/C22H25N3O3S/c1-2-28-19-6-4-3-5-17(19)14-23-20(26)15-7-10-25(11-8-15)22(27)18-13-16-9-12-29-21(16)24-18/h3-6,9,12-13,15,24H,2,7-8,10-11,14H2,1H3,(H,23,26). The number of carbonyl (C=O) groups excluding carboxylic acids is 2. The second-order valence-corrected chi connectivity index (χ2v) is 8.13. The minimum atomic E-state index is -0.0644. The van der Waals surface area contributed by atoms with Crippen LogP contribution in [0.5, 0.6) is 5.75 Å². The number of fused-ring (bicyclic) bond motifs is 1. The van der Waals surface area contributed by atoms with Crippen LogP contribution >= 0.6 is 11.3 Å². The van der Waals surface area contributed by atoms with Crippen molar-refractivity contribution in [2.24, 2.45) is 5.92 Å². The summed E-state index contributed by atoms with van der Waals surface area (Å²) in [4.78, 5) is 31.4. The van der Waals surface area contributed by atoms with Gasteiger partial charge in [-0.25, -0.2) is 0 Å². The maximum Gasteiger partial charge on any atom is 0.270 e. The second-order valence-electron chi connectivity index (χ2n) is 7.21. The first-order chi connectivity index (χ1) is 14.2. The van der Waals surface area contributed by atoms with E-state index in [0.29, 0.717) is 44.8 Å². The smallest absolute Gasteiger partial charge is 0.270 e. The number of carbonyl (C=O) groups is 2. The molecule has 1 saturated heterocycles. The van der Waals surface area contributed by atoms with E-state index in [1.807, 2.05) is 53.6 Å². The van der Waals surface area contributed by atoms with Crippen LogP contribution < -0.4 is 10.1 Å². The first-order valence-electron chi connectivity index (χ1n) is 9.99. The van der Waals surface area contributed by atoms with Crippen LogP contribution in [0.4, 0.5) is 0 Å². The molecular formula is C22H25N3O3S. The van der Waals surface area contributed by atoms with Crippen LogP contribution in [0.25, 0.3) is 10.2 Å². The fraction of sp³-hybridized carbons (Fsp3) is 0.364. The fourth-order valence-electron chi connectivity index (χ4n) is 3.75. The van der Waals surface area contributed by atoms with Gasteiger partial charge in [0.2, 0.25) is 5.91 Å². The Morgan fingerprint density at radius 2 is 2.03 bits per heavy atom. The van der Waals surface area contributed by atoms with Gasteiger partial charge in [0, 0.05) is 36.5 Å². The molecule has 4 rings (SSSR count). The van der Waals surface area contributed by atoms with Gasteiger partial charge < -0.3 is 19.9 Å². The highest BCUT2D eigenvalue weighted by atomic mass is 32.1. The van der Waals surface area contributed by atoms with Crippen molar-refractivity contribution in [3.05, 3.63) is 53.0 Å². The number of para-hydroxylation sites is 1. The number of rotatable bonds is 6. The summed E-state index contributed by atoms with van der Waals surface area (Å²) >= 11 is 1.60. The van der Waals surface area contributed by atoms with Gasteiger partial charge in [-0.05, 0) is 43.3 Å². The summed E-state index contributed by atoms with van der Waals surface area (Å²) in [5.41, 5.74) is 1.60. The Kier molecular flexibility index (Phi) is 5.85. The van der Waals surface area contributed by atoms with E-state index in [1.54, 1.807) is 11.3 Å². The van der Waals surface area contributed by atoms with E-state index in [1.165, 1.54) is 0 Å². The number of thiophene rings is 1. The van der Waals surface area contributed by atoms with E-state index in [9.17, 15) is 9.59 Å². The Morgan fingerprint density at radius 3 is 2.79 bits per heavy atom. The molecule has 29 heavy (non-hydrogen) atoms. The molecule has 0 radical (unpaired) electrons.